The molecule has 2 aromatic heterocycles. The number of carbonyl (C=O) groups is 2. The topological polar surface area (TPSA) is 78.1 Å². The van der Waals surface area contributed by atoms with Gasteiger partial charge in [0.15, 0.2) is 0 Å². The number of para-hydroxylation sites is 3. The molecular weight excluding hydrogens is 408 g/mol. The minimum absolute atomic E-state index is 0.0255. The molecule has 156 valence electrons. The zero-order valence-electron chi connectivity index (χ0n) is 16.9. The standard InChI is InChI=1S/C24H22N4O2S/c29-22(9-10-23(30)28-13-11-21-16(15-28)12-14-31-21)25-18-6-2-1-5-17(18)24-26-19-7-3-4-8-20(19)27-24/h1-8,12,14H,9-11,13,15H2,(H,25,29)(H,26,27). The van der Waals surface area contributed by atoms with Crippen molar-refractivity contribution in [2.75, 3.05) is 11.9 Å². The third-order valence-corrected chi connectivity index (χ3v) is 6.59. The molecule has 7 heteroatoms. The smallest absolute Gasteiger partial charge is 0.224 e. The van der Waals surface area contributed by atoms with E-state index >= 15 is 0 Å². The molecule has 1 aliphatic heterocycles. The number of aromatic amines is 1. The fourth-order valence-corrected chi connectivity index (χ4v) is 4.82. The van der Waals surface area contributed by atoms with Crippen LogP contribution >= 0.6 is 11.3 Å². The van der Waals surface area contributed by atoms with E-state index in [2.05, 4.69) is 26.7 Å². The van der Waals surface area contributed by atoms with E-state index in [9.17, 15) is 9.59 Å². The number of rotatable bonds is 5. The number of anilines is 1. The highest BCUT2D eigenvalue weighted by atomic mass is 32.1. The second kappa shape index (κ2) is 8.35. The molecule has 0 saturated carbocycles. The van der Waals surface area contributed by atoms with Gasteiger partial charge >= 0.3 is 0 Å². The Hall–Kier alpha value is -3.45. The largest absolute Gasteiger partial charge is 0.338 e. The predicted molar refractivity (Wildman–Crippen MR) is 123 cm³/mol. The number of aromatic nitrogens is 2. The first-order valence-electron chi connectivity index (χ1n) is 10.3. The molecule has 6 nitrogen and oxygen atoms in total. The quantitative estimate of drug-likeness (QED) is 0.486. The van der Waals surface area contributed by atoms with E-state index in [1.807, 2.05) is 53.4 Å². The van der Waals surface area contributed by atoms with Gasteiger partial charge in [0, 0.05) is 36.4 Å². The predicted octanol–water partition coefficient (Wildman–Crippen LogP) is 4.60. The fourth-order valence-electron chi connectivity index (χ4n) is 3.93. The number of thiophene rings is 1. The van der Waals surface area contributed by atoms with Crippen molar-refractivity contribution < 1.29 is 9.59 Å². The third-order valence-electron chi connectivity index (χ3n) is 5.57. The Morgan fingerprint density at radius 3 is 2.81 bits per heavy atom. The summed E-state index contributed by atoms with van der Waals surface area (Å²) in [7, 11) is 0. The second-order valence-corrected chi connectivity index (χ2v) is 8.63. The molecule has 3 heterocycles. The molecule has 2 amide bonds. The van der Waals surface area contributed by atoms with E-state index in [1.165, 1.54) is 10.4 Å². The van der Waals surface area contributed by atoms with Gasteiger partial charge < -0.3 is 15.2 Å². The Morgan fingerprint density at radius 2 is 1.90 bits per heavy atom. The molecule has 0 atom stereocenters. The monoisotopic (exact) mass is 430 g/mol. The number of fused-ring (bicyclic) bond motifs is 2. The molecule has 5 rings (SSSR count). The van der Waals surface area contributed by atoms with Crippen molar-refractivity contribution in [3.05, 3.63) is 70.4 Å². The van der Waals surface area contributed by atoms with E-state index in [4.69, 9.17) is 0 Å². The van der Waals surface area contributed by atoms with Crippen molar-refractivity contribution in [2.24, 2.45) is 0 Å². The summed E-state index contributed by atoms with van der Waals surface area (Å²) in [4.78, 5) is 36.4. The molecular formula is C24H22N4O2S. The molecule has 4 aromatic rings. The van der Waals surface area contributed by atoms with E-state index in [0.29, 0.717) is 18.1 Å². The Morgan fingerprint density at radius 1 is 1.06 bits per heavy atom. The van der Waals surface area contributed by atoms with Gasteiger partial charge in [0.05, 0.1) is 16.7 Å². The highest BCUT2D eigenvalue weighted by molar-refractivity contribution is 7.10. The maximum Gasteiger partial charge on any atom is 0.224 e. The van der Waals surface area contributed by atoms with Gasteiger partial charge in [-0.2, -0.15) is 0 Å². The average molecular weight is 431 g/mol. The van der Waals surface area contributed by atoms with Gasteiger partial charge in [-0.1, -0.05) is 24.3 Å². The van der Waals surface area contributed by atoms with Crippen LogP contribution in [0.4, 0.5) is 5.69 Å². The summed E-state index contributed by atoms with van der Waals surface area (Å²) in [6.45, 7) is 1.37. The van der Waals surface area contributed by atoms with Crippen molar-refractivity contribution in [2.45, 2.75) is 25.8 Å². The summed E-state index contributed by atoms with van der Waals surface area (Å²) in [6, 6.07) is 17.5. The van der Waals surface area contributed by atoms with Gasteiger partial charge in [0.2, 0.25) is 11.8 Å². The first-order chi connectivity index (χ1) is 15.2. The van der Waals surface area contributed by atoms with Crippen LogP contribution in [-0.4, -0.2) is 33.2 Å². The molecule has 0 spiro atoms. The van der Waals surface area contributed by atoms with E-state index in [1.54, 1.807) is 11.3 Å². The molecule has 31 heavy (non-hydrogen) atoms. The second-order valence-electron chi connectivity index (χ2n) is 7.63. The number of carbonyl (C=O) groups excluding carboxylic acids is 2. The maximum atomic E-state index is 12.6. The molecule has 0 saturated heterocycles. The van der Waals surface area contributed by atoms with Gasteiger partial charge in [0.1, 0.15) is 5.82 Å². The Bertz CT molecular complexity index is 1230. The molecule has 0 aliphatic carbocycles. The van der Waals surface area contributed by atoms with Crippen LogP contribution in [0.1, 0.15) is 23.3 Å². The van der Waals surface area contributed by atoms with Crippen molar-refractivity contribution >= 4 is 39.9 Å². The Kier molecular flexibility index (Phi) is 5.26. The number of benzene rings is 2. The number of nitrogens with zero attached hydrogens (tertiary/aromatic N) is 2. The normalized spacial score (nSPS) is 13.2. The zero-order chi connectivity index (χ0) is 21.2. The van der Waals surface area contributed by atoms with Crippen LogP contribution in [0.3, 0.4) is 0 Å². The van der Waals surface area contributed by atoms with Crippen molar-refractivity contribution in [3.63, 3.8) is 0 Å². The molecule has 0 unspecified atom stereocenters. The minimum atomic E-state index is -0.176. The summed E-state index contributed by atoms with van der Waals surface area (Å²) in [5.41, 5.74) is 4.55. The van der Waals surface area contributed by atoms with Gasteiger partial charge in [-0.25, -0.2) is 4.98 Å². The van der Waals surface area contributed by atoms with Crippen LogP contribution in [0.2, 0.25) is 0 Å². The maximum absolute atomic E-state index is 12.6. The van der Waals surface area contributed by atoms with Crippen LogP contribution in [0.25, 0.3) is 22.4 Å². The molecule has 2 aromatic carbocycles. The number of hydrogen-bond acceptors (Lipinski definition) is 4. The summed E-state index contributed by atoms with van der Waals surface area (Å²) < 4.78 is 0. The number of amides is 2. The lowest BCUT2D eigenvalue weighted by Crippen LogP contribution is -2.35. The highest BCUT2D eigenvalue weighted by Gasteiger charge is 2.22. The average Bonchev–Trinajstić information content (AvgIpc) is 3.44. The lowest BCUT2D eigenvalue weighted by molar-refractivity contribution is -0.133. The lowest BCUT2D eigenvalue weighted by Gasteiger charge is -2.27. The van der Waals surface area contributed by atoms with Crippen LogP contribution in [0, 0.1) is 0 Å². The van der Waals surface area contributed by atoms with Crippen LogP contribution in [0.15, 0.2) is 60.0 Å². The fraction of sp³-hybridized carbons (Fsp3) is 0.208. The van der Waals surface area contributed by atoms with Crippen LogP contribution in [0.5, 0.6) is 0 Å². The summed E-state index contributed by atoms with van der Waals surface area (Å²) in [6.07, 6.45) is 1.26. The Labute approximate surface area is 183 Å². The van der Waals surface area contributed by atoms with Crippen LogP contribution < -0.4 is 5.32 Å². The summed E-state index contributed by atoms with van der Waals surface area (Å²) in [5, 5.41) is 5.03. The number of imidazole rings is 1. The minimum Gasteiger partial charge on any atom is -0.338 e. The molecule has 1 aliphatic rings. The van der Waals surface area contributed by atoms with Gasteiger partial charge in [0.25, 0.3) is 0 Å². The first kappa shape index (κ1) is 19.5. The van der Waals surface area contributed by atoms with Crippen molar-refractivity contribution in [1.29, 1.82) is 0 Å². The van der Waals surface area contributed by atoms with Crippen molar-refractivity contribution in [1.82, 2.24) is 14.9 Å². The number of H-pyrrole nitrogens is 1. The van der Waals surface area contributed by atoms with E-state index in [-0.39, 0.29) is 24.7 Å². The number of nitrogens with one attached hydrogen (secondary N) is 2. The molecule has 0 bridgehead atoms. The highest BCUT2D eigenvalue weighted by Crippen LogP contribution is 2.28. The van der Waals surface area contributed by atoms with Crippen molar-refractivity contribution in [3.8, 4) is 11.4 Å². The first-order valence-corrected chi connectivity index (χ1v) is 11.2. The SMILES string of the molecule is O=C(CCC(=O)N1CCc2sccc2C1)Nc1ccccc1-c1nc2ccccc2[nH]1. The van der Waals surface area contributed by atoms with Gasteiger partial charge in [-0.05, 0) is 47.7 Å². The number of hydrogen-bond donors (Lipinski definition) is 2. The molecule has 0 radical (unpaired) electrons. The molecule has 0 fully saturated rings. The molecule has 2 N–H and O–H groups in total. The zero-order valence-corrected chi connectivity index (χ0v) is 17.7. The lowest BCUT2D eigenvalue weighted by atomic mass is 10.1. The van der Waals surface area contributed by atoms with E-state index in [0.717, 1.165) is 29.6 Å². The Balaban J connectivity index is 1.23. The summed E-state index contributed by atoms with van der Waals surface area (Å²) >= 11 is 1.75. The van der Waals surface area contributed by atoms with Gasteiger partial charge in [-0.15, -0.1) is 11.3 Å². The third kappa shape index (κ3) is 4.09. The summed E-state index contributed by atoms with van der Waals surface area (Å²) in [5.74, 6) is 0.552. The van der Waals surface area contributed by atoms with Crippen LogP contribution in [-0.2, 0) is 22.6 Å². The van der Waals surface area contributed by atoms with E-state index < -0.39 is 0 Å². The van der Waals surface area contributed by atoms with Gasteiger partial charge in [-0.3, -0.25) is 9.59 Å².